The first-order valence-corrected chi connectivity index (χ1v) is 6.52. The molecule has 0 spiro atoms. The average Bonchev–Trinajstić information content (AvgIpc) is 2.95. The maximum Gasteiger partial charge on any atom is 0.231 e. The summed E-state index contributed by atoms with van der Waals surface area (Å²) in [5, 5.41) is 8.87. The number of ether oxygens (including phenoxy) is 1. The van der Waals surface area contributed by atoms with Crippen LogP contribution in [0.3, 0.4) is 0 Å². The van der Waals surface area contributed by atoms with Gasteiger partial charge in [0.1, 0.15) is 5.00 Å². The van der Waals surface area contributed by atoms with Crippen LogP contribution in [0.15, 0.2) is 6.20 Å². The Morgan fingerprint density at radius 2 is 2.29 bits per heavy atom. The largest absolute Gasteiger partial charge is 0.480 e. The van der Waals surface area contributed by atoms with Crippen LogP contribution in [0, 0.1) is 0 Å². The first kappa shape index (κ1) is 12.1. The first-order valence-electron chi connectivity index (χ1n) is 4.93. The molecule has 0 saturated heterocycles. The molecule has 0 aliphatic rings. The molecule has 6 nitrogen and oxygen atoms in total. The van der Waals surface area contributed by atoms with Gasteiger partial charge in [0.15, 0.2) is 5.13 Å². The summed E-state index contributed by atoms with van der Waals surface area (Å²) >= 11 is 2.93. The number of hydrogen-bond donors (Lipinski definition) is 1. The molecule has 0 aromatic carbocycles. The molecule has 0 radical (unpaired) electrons. The highest BCUT2D eigenvalue weighted by Gasteiger charge is 2.12. The number of aromatic nitrogens is 3. The van der Waals surface area contributed by atoms with Crippen LogP contribution in [-0.2, 0) is 6.54 Å². The highest BCUT2D eigenvalue weighted by Crippen LogP contribution is 2.31. The van der Waals surface area contributed by atoms with Crippen LogP contribution in [0.1, 0.15) is 4.88 Å². The van der Waals surface area contributed by atoms with Crippen molar-refractivity contribution in [2.24, 2.45) is 0 Å². The third kappa shape index (κ3) is 2.83. The van der Waals surface area contributed by atoms with Crippen molar-refractivity contribution in [1.82, 2.24) is 14.6 Å². The van der Waals surface area contributed by atoms with Gasteiger partial charge in [-0.2, -0.15) is 4.98 Å². The number of methoxy groups -OCH3 is 1. The SMILES string of the molecule is COc1nc(N(C)C)sc1CNc1cnns1. The van der Waals surface area contributed by atoms with E-state index in [2.05, 4.69) is 19.9 Å². The van der Waals surface area contributed by atoms with Gasteiger partial charge in [-0.1, -0.05) is 15.8 Å². The van der Waals surface area contributed by atoms with E-state index in [0.29, 0.717) is 12.4 Å². The van der Waals surface area contributed by atoms with Crippen molar-refractivity contribution in [3.63, 3.8) is 0 Å². The molecule has 0 amide bonds. The Morgan fingerprint density at radius 1 is 1.47 bits per heavy atom. The summed E-state index contributed by atoms with van der Waals surface area (Å²) in [7, 11) is 5.55. The Balaban J connectivity index is 2.09. The molecule has 0 unspecified atom stereocenters. The minimum Gasteiger partial charge on any atom is -0.480 e. The molecule has 92 valence electrons. The topological polar surface area (TPSA) is 63.2 Å². The minimum atomic E-state index is 0.665. The Kier molecular flexibility index (Phi) is 3.75. The summed E-state index contributed by atoms with van der Waals surface area (Å²) < 4.78 is 9.04. The standard InChI is InChI=1S/C9H13N5OS2/c1-14(2)9-12-8(15-3)6(16-9)4-10-7-5-11-13-17-7/h5,10H,4H2,1-3H3. The quantitative estimate of drug-likeness (QED) is 0.892. The lowest BCUT2D eigenvalue weighted by atomic mass is 10.5. The first-order chi connectivity index (χ1) is 8.20. The van der Waals surface area contributed by atoms with Gasteiger partial charge < -0.3 is 15.0 Å². The second-order valence-electron chi connectivity index (χ2n) is 3.46. The average molecular weight is 271 g/mol. The van der Waals surface area contributed by atoms with Crippen LogP contribution in [0.25, 0.3) is 0 Å². The predicted octanol–water partition coefficient (Wildman–Crippen LogP) is 1.68. The lowest BCUT2D eigenvalue weighted by Gasteiger charge is -2.04. The molecule has 2 heterocycles. The van der Waals surface area contributed by atoms with Gasteiger partial charge in [-0.05, 0) is 0 Å². The van der Waals surface area contributed by atoms with Gasteiger partial charge in [0, 0.05) is 25.6 Å². The number of nitrogens with zero attached hydrogens (tertiary/aromatic N) is 4. The molecule has 0 atom stereocenters. The van der Waals surface area contributed by atoms with Crippen LogP contribution >= 0.6 is 22.9 Å². The summed E-state index contributed by atoms with van der Waals surface area (Å²) in [5.41, 5.74) is 0. The lowest BCUT2D eigenvalue weighted by molar-refractivity contribution is 0.397. The Hall–Kier alpha value is -1.41. The van der Waals surface area contributed by atoms with Gasteiger partial charge in [0.2, 0.25) is 5.88 Å². The maximum atomic E-state index is 5.25. The van der Waals surface area contributed by atoms with Crippen LogP contribution < -0.4 is 15.0 Å². The highest BCUT2D eigenvalue weighted by molar-refractivity contribution is 7.16. The molecule has 17 heavy (non-hydrogen) atoms. The zero-order chi connectivity index (χ0) is 12.3. The number of nitrogens with one attached hydrogen (secondary N) is 1. The second-order valence-corrected chi connectivity index (χ2v) is 5.31. The molecule has 0 saturated carbocycles. The molecular formula is C9H13N5OS2. The van der Waals surface area contributed by atoms with Crippen LogP contribution in [0.2, 0.25) is 0 Å². The zero-order valence-electron chi connectivity index (χ0n) is 9.80. The summed E-state index contributed by atoms with van der Waals surface area (Å²) in [6.07, 6.45) is 1.70. The van der Waals surface area contributed by atoms with E-state index in [-0.39, 0.29) is 0 Å². The van der Waals surface area contributed by atoms with Crippen molar-refractivity contribution in [2.75, 3.05) is 31.4 Å². The van der Waals surface area contributed by atoms with Gasteiger partial charge in [0.05, 0.1) is 24.7 Å². The van der Waals surface area contributed by atoms with E-state index in [1.807, 2.05) is 19.0 Å². The van der Waals surface area contributed by atoms with Crippen molar-refractivity contribution in [3.05, 3.63) is 11.1 Å². The fourth-order valence-electron chi connectivity index (χ4n) is 1.20. The molecular weight excluding hydrogens is 258 g/mol. The third-order valence-electron chi connectivity index (χ3n) is 2.01. The van der Waals surface area contributed by atoms with E-state index in [9.17, 15) is 0 Å². The summed E-state index contributed by atoms with van der Waals surface area (Å²) in [6.45, 7) is 0.665. The van der Waals surface area contributed by atoms with Gasteiger partial charge in [-0.25, -0.2) is 0 Å². The molecule has 2 rings (SSSR count). The van der Waals surface area contributed by atoms with Crippen molar-refractivity contribution >= 4 is 33.0 Å². The molecule has 0 aliphatic carbocycles. The van der Waals surface area contributed by atoms with Crippen molar-refractivity contribution in [2.45, 2.75) is 6.54 Å². The normalized spacial score (nSPS) is 10.3. The van der Waals surface area contributed by atoms with E-state index in [1.54, 1.807) is 24.6 Å². The van der Waals surface area contributed by atoms with Crippen molar-refractivity contribution < 1.29 is 4.74 Å². The Morgan fingerprint density at radius 3 is 2.88 bits per heavy atom. The fourth-order valence-corrected chi connectivity index (χ4v) is 2.51. The molecule has 0 bridgehead atoms. The molecule has 8 heteroatoms. The van der Waals surface area contributed by atoms with Crippen LogP contribution in [0.5, 0.6) is 5.88 Å². The summed E-state index contributed by atoms with van der Waals surface area (Å²) in [4.78, 5) is 7.41. The smallest absolute Gasteiger partial charge is 0.231 e. The number of anilines is 2. The molecule has 1 N–H and O–H groups in total. The highest BCUT2D eigenvalue weighted by atomic mass is 32.1. The van der Waals surface area contributed by atoms with Crippen molar-refractivity contribution in [3.8, 4) is 5.88 Å². The molecule has 0 fully saturated rings. The van der Waals surface area contributed by atoms with E-state index in [0.717, 1.165) is 15.0 Å². The van der Waals surface area contributed by atoms with Gasteiger partial charge in [-0.3, -0.25) is 0 Å². The van der Waals surface area contributed by atoms with Gasteiger partial charge >= 0.3 is 0 Å². The minimum absolute atomic E-state index is 0.665. The fraction of sp³-hybridized carbons (Fsp3) is 0.444. The van der Waals surface area contributed by atoms with E-state index in [4.69, 9.17) is 4.74 Å². The van der Waals surface area contributed by atoms with Crippen LogP contribution in [0.4, 0.5) is 10.1 Å². The maximum absolute atomic E-state index is 5.25. The predicted molar refractivity (Wildman–Crippen MR) is 70.2 cm³/mol. The third-order valence-corrected chi connectivity index (χ3v) is 3.84. The lowest BCUT2D eigenvalue weighted by Crippen LogP contribution is -2.07. The second kappa shape index (κ2) is 5.28. The van der Waals surface area contributed by atoms with E-state index in [1.165, 1.54) is 11.5 Å². The van der Waals surface area contributed by atoms with Gasteiger partial charge in [0.25, 0.3) is 0 Å². The van der Waals surface area contributed by atoms with Crippen LogP contribution in [-0.4, -0.2) is 35.8 Å². The monoisotopic (exact) mass is 271 g/mol. The number of hydrogen-bond acceptors (Lipinski definition) is 8. The van der Waals surface area contributed by atoms with Gasteiger partial charge in [-0.15, -0.1) is 5.10 Å². The summed E-state index contributed by atoms with van der Waals surface area (Å²) in [6, 6.07) is 0. The van der Waals surface area contributed by atoms with E-state index < -0.39 is 0 Å². The Bertz CT molecular complexity index is 468. The number of rotatable bonds is 5. The Labute approximate surface area is 107 Å². The zero-order valence-corrected chi connectivity index (χ0v) is 11.4. The molecule has 2 aromatic rings. The molecule has 2 aromatic heterocycles. The number of thiazole rings is 1. The van der Waals surface area contributed by atoms with E-state index >= 15 is 0 Å². The molecule has 0 aliphatic heterocycles. The van der Waals surface area contributed by atoms with Crippen molar-refractivity contribution in [1.29, 1.82) is 0 Å². The summed E-state index contributed by atoms with van der Waals surface area (Å²) in [5.74, 6) is 0.670.